The first-order chi connectivity index (χ1) is 9.08. The number of carboxylic acids is 1. The van der Waals surface area contributed by atoms with Gasteiger partial charge in [-0.05, 0) is 51.6 Å². The molecule has 1 atom stereocenters. The minimum atomic E-state index is -0.733. The van der Waals surface area contributed by atoms with E-state index in [1.807, 2.05) is 0 Å². The standard InChI is InChI=1S/C15H28N2O2/c1-16-15(14(18)19,13-8-9-13)11-17(2)10-12-6-4-3-5-7-12/h12-13,16H,3-11H2,1-2H3,(H,18,19). The highest BCUT2D eigenvalue weighted by Gasteiger charge is 2.50. The zero-order chi connectivity index (χ0) is 13.9. The third-order valence-corrected chi connectivity index (χ3v) is 4.92. The number of carboxylic acid groups (broad SMARTS) is 1. The molecule has 0 bridgehead atoms. The van der Waals surface area contributed by atoms with Gasteiger partial charge < -0.3 is 15.3 Å². The molecular weight excluding hydrogens is 240 g/mol. The highest BCUT2D eigenvalue weighted by atomic mass is 16.4. The van der Waals surface area contributed by atoms with Crippen molar-refractivity contribution in [1.29, 1.82) is 0 Å². The van der Waals surface area contributed by atoms with Crippen molar-refractivity contribution < 1.29 is 9.90 Å². The molecule has 2 aliphatic carbocycles. The number of rotatable bonds is 7. The van der Waals surface area contributed by atoms with Crippen LogP contribution in [-0.2, 0) is 4.79 Å². The van der Waals surface area contributed by atoms with Gasteiger partial charge in [0.05, 0.1) is 0 Å². The Morgan fingerprint density at radius 1 is 1.26 bits per heavy atom. The van der Waals surface area contributed by atoms with Crippen molar-refractivity contribution >= 4 is 5.97 Å². The normalized spacial score (nSPS) is 24.4. The summed E-state index contributed by atoms with van der Waals surface area (Å²) < 4.78 is 0. The average Bonchev–Trinajstić information content (AvgIpc) is 3.21. The molecule has 110 valence electrons. The van der Waals surface area contributed by atoms with Gasteiger partial charge in [0.1, 0.15) is 5.54 Å². The first-order valence-electron chi connectivity index (χ1n) is 7.69. The molecule has 2 aliphatic rings. The van der Waals surface area contributed by atoms with Crippen LogP contribution in [0.4, 0.5) is 0 Å². The lowest BCUT2D eigenvalue weighted by Crippen LogP contribution is -2.59. The van der Waals surface area contributed by atoms with Crippen LogP contribution in [0.2, 0.25) is 0 Å². The summed E-state index contributed by atoms with van der Waals surface area (Å²) in [4.78, 5) is 13.9. The topological polar surface area (TPSA) is 52.6 Å². The van der Waals surface area contributed by atoms with Crippen LogP contribution in [0, 0.1) is 11.8 Å². The number of nitrogens with zero attached hydrogens (tertiary/aromatic N) is 1. The molecule has 0 aromatic rings. The summed E-state index contributed by atoms with van der Waals surface area (Å²) in [5.74, 6) is 0.387. The molecule has 19 heavy (non-hydrogen) atoms. The summed E-state index contributed by atoms with van der Waals surface area (Å²) in [5.41, 5.74) is -0.733. The van der Waals surface area contributed by atoms with Crippen LogP contribution in [0.15, 0.2) is 0 Å². The Hall–Kier alpha value is -0.610. The molecule has 0 heterocycles. The van der Waals surface area contributed by atoms with E-state index < -0.39 is 11.5 Å². The maximum Gasteiger partial charge on any atom is 0.325 e. The smallest absolute Gasteiger partial charge is 0.325 e. The second-order valence-corrected chi connectivity index (χ2v) is 6.50. The molecule has 0 spiro atoms. The van der Waals surface area contributed by atoms with E-state index in [1.54, 1.807) is 7.05 Å². The van der Waals surface area contributed by atoms with Gasteiger partial charge in [0.2, 0.25) is 0 Å². The Bertz CT molecular complexity index is 311. The van der Waals surface area contributed by atoms with Gasteiger partial charge in [0.15, 0.2) is 0 Å². The van der Waals surface area contributed by atoms with Crippen LogP contribution >= 0.6 is 0 Å². The van der Waals surface area contributed by atoms with Crippen molar-refractivity contribution in [1.82, 2.24) is 10.2 Å². The minimum absolute atomic E-state index is 0.309. The van der Waals surface area contributed by atoms with Crippen LogP contribution < -0.4 is 5.32 Å². The van der Waals surface area contributed by atoms with E-state index in [9.17, 15) is 9.90 Å². The predicted molar refractivity (Wildman–Crippen MR) is 76.2 cm³/mol. The van der Waals surface area contributed by atoms with E-state index in [1.165, 1.54) is 32.1 Å². The number of hydrogen-bond acceptors (Lipinski definition) is 3. The molecule has 2 saturated carbocycles. The fourth-order valence-corrected chi connectivity index (χ4v) is 3.64. The molecule has 2 rings (SSSR count). The molecule has 0 saturated heterocycles. The van der Waals surface area contributed by atoms with Crippen LogP contribution in [-0.4, -0.2) is 48.7 Å². The maximum absolute atomic E-state index is 11.7. The van der Waals surface area contributed by atoms with Gasteiger partial charge in [-0.2, -0.15) is 0 Å². The lowest BCUT2D eigenvalue weighted by atomic mass is 9.88. The lowest BCUT2D eigenvalue weighted by molar-refractivity contribution is -0.146. The van der Waals surface area contributed by atoms with E-state index in [0.29, 0.717) is 12.5 Å². The summed E-state index contributed by atoms with van der Waals surface area (Å²) >= 11 is 0. The number of aliphatic carboxylic acids is 1. The molecule has 1 unspecified atom stereocenters. The van der Waals surface area contributed by atoms with Crippen molar-refractivity contribution in [3.05, 3.63) is 0 Å². The van der Waals surface area contributed by atoms with E-state index in [0.717, 1.165) is 25.3 Å². The highest BCUT2D eigenvalue weighted by Crippen LogP contribution is 2.40. The summed E-state index contributed by atoms with van der Waals surface area (Å²) in [6, 6.07) is 0. The molecule has 0 aromatic carbocycles. The van der Waals surface area contributed by atoms with Gasteiger partial charge in [-0.1, -0.05) is 19.3 Å². The first-order valence-corrected chi connectivity index (χ1v) is 7.69. The predicted octanol–water partition coefficient (Wildman–Crippen LogP) is 1.95. The lowest BCUT2D eigenvalue weighted by Gasteiger charge is -2.35. The van der Waals surface area contributed by atoms with Gasteiger partial charge in [-0.3, -0.25) is 4.79 Å². The zero-order valence-electron chi connectivity index (χ0n) is 12.3. The van der Waals surface area contributed by atoms with Gasteiger partial charge in [-0.25, -0.2) is 0 Å². The quantitative estimate of drug-likeness (QED) is 0.741. The van der Waals surface area contributed by atoms with Crippen molar-refractivity contribution in [3.63, 3.8) is 0 Å². The second-order valence-electron chi connectivity index (χ2n) is 6.50. The zero-order valence-corrected chi connectivity index (χ0v) is 12.3. The Kier molecular flexibility index (Phi) is 4.85. The molecule has 0 radical (unpaired) electrons. The van der Waals surface area contributed by atoms with E-state index in [-0.39, 0.29) is 0 Å². The van der Waals surface area contributed by atoms with Crippen molar-refractivity contribution in [3.8, 4) is 0 Å². The number of nitrogens with one attached hydrogen (secondary N) is 1. The van der Waals surface area contributed by atoms with Crippen molar-refractivity contribution in [2.24, 2.45) is 11.8 Å². The summed E-state index contributed by atoms with van der Waals surface area (Å²) in [6.45, 7) is 1.67. The fraction of sp³-hybridized carbons (Fsp3) is 0.933. The molecule has 4 heteroatoms. The Morgan fingerprint density at radius 3 is 2.37 bits per heavy atom. The molecular formula is C15H28N2O2. The maximum atomic E-state index is 11.7. The second kappa shape index (κ2) is 6.23. The third-order valence-electron chi connectivity index (χ3n) is 4.92. The molecule has 4 nitrogen and oxygen atoms in total. The van der Waals surface area contributed by atoms with E-state index in [4.69, 9.17) is 0 Å². The van der Waals surface area contributed by atoms with Crippen LogP contribution in [0.5, 0.6) is 0 Å². The van der Waals surface area contributed by atoms with Gasteiger partial charge in [0.25, 0.3) is 0 Å². The Morgan fingerprint density at radius 2 is 1.89 bits per heavy atom. The average molecular weight is 268 g/mol. The first kappa shape index (κ1) is 14.8. The summed E-state index contributed by atoms with van der Waals surface area (Å²) in [5, 5.41) is 12.7. The molecule has 2 fully saturated rings. The Balaban J connectivity index is 1.90. The number of carbonyl (C=O) groups is 1. The summed E-state index contributed by atoms with van der Waals surface area (Å²) in [6.07, 6.45) is 8.78. The third kappa shape index (κ3) is 3.48. The van der Waals surface area contributed by atoms with E-state index >= 15 is 0 Å². The largest absolute Gasteiger partial charge is 0.480 e. The molecule has 0 amide bonds. The van der Waals surface area contributed by atoms with E-state index in [2.05, 4.69) is 17.3 Å². The van der Waals surface area contributed by atoms with Gasteiger partial charge in [-0.15, -0.1) is 0 Å². The Labute approximate surface area is 116 Å². The SMILES string of the molecule is CNC(CN(C)CC1CCCCC1)(C(=O)O)C1CC1. The van der Waals surface area contributed by atoms with Crippen LogP contribution in [0.3, 0.4) is 0 Å². The van der Waals surface area contributed by atoms with Crippen LogP contribution in [0.1, 0.15) is 44.9 Å². The fourth-order valence-electron chi connectivity index (χ4n) is 3.64. The van der Waals surface area contributed by atoms with Gasteiger partial charge in [0, 0.05) is 13.1 Å². The number of hydrogen-bond donors (Lipinski definition) is 2. The number of likely N-dealkylation sites (N-methyl/N-ethyl adjacent to an activating group) is 2. The molecule has 0 aliphatic heterocycles. The van der Waals surface area contributed by atoms with Gasteiger partial charge >= 0.3 is 5.97 Å². The molecule has 0 aromatic heterocycles. The molecule has 2 N–H and O–H groups in total. The van der Waals surface area contributed by atoms with Crippen molar-refractivity contribution in [2.45, 2.75) is 50.5 Å². The minimum Gasteiger partial charge on any atom is -0.480 e. The van der Waals surface area contributed by atoms with Crippen LogP contribution in [0.25, 0.3) is 0 Å². The summed E-state index contributed by atoms with van der Waals surface area (Å²) in [7, 11) is 3.87. The monoisotopic (exact) mass is 268 g/mol. The van der Waals surface area contributed by atoms with Crippen molar-refractivity contribution in [2.75, 3.05) is 27.2 Å². The highest BCUT2D eigenvalue weighted by molar-refractivity contribution is 5.80.